The Kier molecular flexibility index (Phi) is 5.79. The fourth-order valence-corrected chi connectivity index (χ4v) is 3.12. The third-order valence-corrected chi connectivity index (χ3v) is 5.26. The van der Waals surface area contributed by atoms with Crippen LogP contribution in [0.4, 0.5) is 0 Å². The highest BCUT2D eigenvalue weighted by molar-refractivity contribution is 7.93. The van der Waals surface area contributed by atoms with Crippen LogP contribution in [0, 0.1) is 11.3 Å². The van der Waals surface area contributed by atoms with E-state index in [0.717, 1.165) is 6.20 Å². The van der Waals surface area contributed by atoms with E-state index in [2.05, 4.69) is 4.36 Å². The molecule has 122 valence electrons. The largest absolute Gasteiger partial charge is 0.288 e. The molecule has 0 saturated heterocycles. The zero-order valence-electron chi connectivity index (χ0n) is 12.6. The molecule has 0 fully saturated rings. The predicted molar refractivity (Wildman–Crippen MR) is 95.7 cm³/mol. The molecule has 0 heterocycles. The van der Waals surface area contributed by atoms with Crippen LogP contribution in [0.25, 0.3) is 0 Å². The van der Waals surface area contributed by atoms with E-state index in [9.17, 15) is 14.3 Å². The lowest BCUT2D eigenvalue weighted by Crippen LogP contribution is -2.02. The quantitative estimate of drug-likeness (QED) is 0.438. The van der Waals surface area contributed by atoms with Crippen LogP contribution in [0.15, 0.2) is 69.6 Å². The van der Waals surface area contributed by atoms with Crippen LogP contribution in [0.1, 0.15) is 10.4 Å². The second-order valence-corrected chi connectivity index (χ2v) is 8.01. The highest BCUT2D eigenvalue weighted by Crippen LogP contribution is 2.17. The lowest BCUT2D eigenvalue weighted by atomic mass is 10.1. The molecule has 7 heteroatoms. The maximum atomic E-state index is 12.6. The first-order chi connectivity index (χ1) is 11.3. The Morgan fingerprint density at radius 3 is 2.08 bits per heavy atom. The van der Waals surface area contributed by atoms with Gasteiger partial charge < -0.3 is 0 Å². The third kappa shape index (κ3) is 4.45. The van der Waals surface area contributed by atoms with Gasteiger partial charge >= 0.3 is 0 Å². The molecule has 0 saturated carbocycles. The first kappa shape index (κ1) is 18.2. The molecule has 0 aliphatic carbocycles. The van der Waals surface area contributed by atoms with Gasteiger partial charge in [-0.3, -0.25) is 4.79 Å². The smallest absolute Gasteiger partial charge is 0.205 e. The van der Waals surface area contributed by atoms with E-state index < -0.39 is 15.5 Å². The van der Waals surface area contributed by atoms with Gasteiger partial charge in [0.1, 0.15) is 11.6 Å². The molecule has 0 radical (unpaired) electrons. The van der Waals surface area contributed by atoms with Gasteiger partial charge in [0.05, 0.1) is 15.9 Å². The average molecular weight is 379 g/mol. The Labute approximate surface area is 150 Å². The summed E-state index contributed by atoms with van der Waals surface area (Å²) >= 11 is 11.6. The molecule has 2 aromatic carbocycles. The maximum Gasteiger partial charge on any atom is 0.205 e. The summed E-state index contributed by atoms with van der Waals surface area (Å²) in [6.07, 6.45) is 2.47. The minimum Gasteiger partial charge on any atom is -0.288 e. The van der Waals surface area contributed by atoms with Crippen molar-refractivity contribution in [1.82, 2.24) is 0 Å². The fourth-order valence-electron chi connectivity index (χ4n) is 1.80. The van der Waals surface area contributed by atoms with Gasteiger partial charge in [0.25, 0.3) is 0 Å². The van der Waals surface area contributed by atoms with E-state index in [1.807, 2.05) is 0 Å². The first-order valence-electron chi connectivity index (χ1n) is 6.71. The number of rotatable bonds is 4. The molecule has 4 nitrogen and oxygen atoms in total. The SMILES string of the molecule is CS(=O)(=NC=C(C#N)C(=O)c1ccc(Cl)cc1)c1ccc(Cl)cc1. The molecule has 1 unspecified atom stereocenters. The van der Waals surface area contributed by atoms with Gasteiger partial charge in [-0.25, -0.2) is 8.57 Å². The zero-order valence-corrected chi connectivity index (χ0v) is 14.9. The molecule has 0 aliphatic rings. The van der Waals surface area contributed by atoms with Crippen molar-refractivity contribution in [2.75, 3.05) is 6.26 Å². The molecule has 2 rings (SSSR count). The van der Waals surface area contributed by atoms with Crippen molar-refractivity contribution in [1.29, 1.82) is 5.26 Å². The monoisotopic (exact) mass is 378 g/mol. The van der Waals surface area contributed by atoms with Gasteiger partial charge in [0, 0.05) is 26.8 Å². The Balaban J connectivity index is 2.38. The Hall–Kier alpha value is -2.13. The fraction of sp³-hybridized carbons (Fsp3) is 0.0588. The lowest BCUT2D eigenvalue weighted by molar-refractivity contribution is 0.103. The van der Waals surface area contributed by atoms with Crippen LogP contribution in [0.3, 0.4) is 0 Å². The van der Waals surface area contributed by atoms with E-state index in [1.165, 1.54) is 18.4 Å². The van der Waals surface area contributed by atoms with Crippen LogP contribution in [0.5, 0.6) is 0 Å². The summed E-state index contributed by atoms with van der Waals surface area (Å²) in [4.78, 5) is 12.7. The molecule has 0 spiro atoms. The molecular weight excluding hydrogens is 367 g/mol. The predicted octanol–water partition coefficient (Wildman–Crippen LogP) is 4.74. The number of nitriles is 1. The molecular formula is C17H12Cl2N2O2S. The summed E-state index contributed by atoms with van der Waals surface area (Å²) in [6.45, 7) is 0. The summed E-state index contributed by atoms with van der Waals surface area (Å²) in [5.41, 5.74) is 0.0948. The van der Waals surface area contributed by atoms with Crippen molar-refractivity contribution in [3.8, 4) is 6.07 Å². The number of hydrogen-bond acceptors (Lipinski definition) is 4. The number of benzene rings is 2. The topological polar surface area (TPSA) is 70.3 Å². The Bertz CT molecular complexity index is 950. The van der Waals surface area contributed by atoms with Gasteiger partial charge in [0.2, 0.25) is 5.78 Å². The van der Waals surface area contributed by atoms with Crippen molar-refractivity contribution >= 4 is 38.7 Å². The Morgan fingerprint density at radius 2 is 1.58 bits per heavy atom. The first-order valence-corrected chi connectivity index (χ1v) is 9.39. The average Bonchev–Trinajstić information content (AvgIpc) is 2.56. The van der Waals surface area contributed by atoms with Crippen LogP contribution in [-0.2, 0) is 9.73 Å². The molecule has 0 aromatic heterocycles. The van der Waals surface area contributed by atoms with Crippen molar-refractivity contribution in [3.05, 3.63) is 75.9 Å². The number of carbonyl (C=O) groups excluding carboxylic acids is 1. The van der Waals surface area contributed by atoms with E-state index >= 15 is 0 Å². The number of carbonyl (C=O) groups is 1. The molecule has 24 heavy (non-hydrogen) atoms. The summed E-state index contributed by atoms with van der Waals surface area (Å²) in [5, 5.41) is 10.2. The van der Waals surface area contributed by atoms with Gasteiger partial charge in [-0.1, -0.05) is 23.2 Å². The van der Waals surface area contributed by atoms with Crippen molar-refractivity contribution in [2.45, 2.75) is 4.90 Å². The van der Waals surface area contributed by atoms with Gasteiger partial charge in [-0.2, -0.15) is 5.26 Å². The highest BCUT2D eigenvalue weighted by atomic mass is 35.5. The number of hydrogen-bond donors (Lipinski definition) is 0. The second kappa shape index (κ2) is 7.63. The van der Waals surface area contributed by atoms with Crippen molar-refractivity contribution in [3.63, 3.8) is 0 Å². The van der Waals surface area contributed by atoms with Crippen LogP contribution in [-0.4, -0.2) is 16.2 Å². The van der Waals surface area contributed by atoms with Gasteiger partial charge in [-0.05, 0) is 48.5 Å². The van der Waals surface area contributed by atoms with E-state index in [4.69, 9.17) is 23.2 Å². The van der Waals surface area contributed by atoms with Crippen LogP contribution >= 0.6 is 23.2 Å². The van der Waals surface area contributed by atoms with E-state index in [0.29, 0.717) is 20.5 Å². The molecule has 0 bridgehead atoms. The molecule has 0 amide bonds. The third-order valence-electron chi connectivity index (χ3n) is 3.11. The lowest BCUT2D eigenvalue weighted by Gasteiger charge is -2.03. The van der Waals surface area contributed by atoms with E-state index in [-0.39, 0.29) is 5.57 Å². The minimum atomic E-state index is -2.79. The number of ketones is 1. The normalized spacial score (nSPS) is 13.7. The molecule has 0 aliphatic heterocycles. The van der Waals surface area contributed by atoms with Gasteiger partial charge in [-0.15, -0.1) is 0 Å². The summed E-state index contributed by atoms with van der Waals surface area (Å²) in [5.74, 6) is -0.510. The Morgan fingerprint density at radius 1 is 1.08 bits per heavy atom. The number of halogens is 2. The summed E-state index contributed by atoms with van der Waals surface area (Å²) in [7, 11) is -2.79. The summed E-state index contributed by atoms with van der Waals surface area (Å²) in [6, 6.07) is 14.3. The maximum absolute atomic E-state index is 12.6. The van der Waals surface area contributed by atoms with Gasteiger partial charge in [0.15, 0.2) is 0 Å². The van der Waals surface area contributed by atoms with Crippen LogP contribution < -0.4 is 0 Å². The number of Topliss-reactive ketones (excluding diaryl/α,β-unsaturated/α-hetero) is 1. The molecule has 1 atom stereocenters. The number of allylic oxidation sites excluding steroid dienone is 1. The van der Waals surface area contributed by atoms with Crippen LogP contribution in [0.2, 0.25) is 10.0 Å². The van der Waals surface area contributed by atoms with Crippen molar-refractivity contribution in [2.24, 2.45) is 4.36 Å². The molecule has 0 N–H and O–H groups in total. The minimum absolute atomic E-state index is 0.208. The highest BCUT2D eigenvalue weighted by Gasteiger charge is 2.12. The van der Waals surface area contributed by atoms with E-state index in [1.54, 1.807) is 42.5 Å². The zero-order chi connectivity index (χ0) is 17.7. The summed E-state index contributed by atoms with van der Waals surface area (Å²) < 4.78 is 16.6. The molecule has 2 aromatic rings. The van der Waals surface area contributed by atoms with Crippen molar-refractivity contribution < 1.29 is 9.00 Å². The second-order valence-electron chi connectivity index (χ2n) is 4.85. The number of nitrogens with zero attached hydrogens (tertiary/aromatic N) is 2. The standard InChI is InChI=1S/C17H12Cl2N2O2S/c1-24(23,16-8-6-15(19)7-9-16)21-11-13(10-20)17(22)12-2-4-14(18)5-3-12/h2-9,11H,1H3.